The van der Waals surface area contributed by atoms with Gasteiger partial charge in [0.15, 0.2) is 0 Å². The number of nitrogens with zero attached hydrogens (tertiary/aromatic N) is 1. The van der Waals surface area contributed by atoms with Crippen LogP contribution in [-0.2, 0) is 21.9 Å². The third-order valence-electron chi connectivity index (χ3n) is 4.60. The normalized spacial score (nSPS) is 11.7. The Kier molecular flexibility index (Phi) is 10.3. The molecule has 2 aromatic carbocycles. The lowest BCUT2D eigenvalue weighted by molar-refractivity contribution is -0.138. The van der Waals surface area contributed by atoms with Gasteiger partial charge in [0.25, 0.3) is 0 Å². The summed E-state index contributed by atoms with van der Waals surface area (Å²) in [6.07, 6.45) is 1.96. The summed E-state index contributed by atoms with van der Waals surface area (Å²) in [4.78, 5) is 27.2. The number of hydrogen-bond acceptors (Lipinski definition) is 3. The molecule has 1 atom stereocenters. The molecule has 2 rings (SSSR count). The molecule has 0 aliphatic heterocycles. The van der Waals surface area contributed by atoms with Crippen LogP contribution in [0.3, 0.4) is 0 Å². The maximum atomic E-state index is 13.0. The van der Waals surface area contributed by atoms with Gasteiger partial charge in [-0.25, -0.2) is 0 Å². The first kappa shape index (κ1) is 23.5. The van der Waals surface area contributed by atoms with Crippen molar-refractivity contribution >= 4 is 39.5 Å². The summed E-state index contributed by atoms with van der Waals surface area (Å²) in [5.74, 6) is 0.986. The van der Waals surface area contributed by atoms with Crippen molar-refractivity contribution in [3.8, 4) is 0 Å². The molecule has 0 bridgehead atoms. The van der Waals surface area contributed by atoms with Crippen LogP contribution in [0, 0.1) is 0 Å². The Morgan fingerprint density at radius 1 is 1.07 bits per heavy atom. The van der Waals surface area contributed by atoms with Gasteiger partial charge in [0.2, 0.25) is 11.8 Å². The molecule has 0 aliphatic rings. The number of halogens is 1. The Hall–Kier alpha value is -1.79. The maximum absolute atomic E-state index is 13.0. The Morgan fingerprint density at radius 3 is 2.41 bits per heavy atom. The van der Waals surface area contributed by atoms with Crippen LogP contribution in [0.15, 0.2) is 59.1 Å². The summed E-state index contributed by atoms with van der Waals surface area (Å²) in [6.45, 7) is 4.97. The standard InChI is InChI=1S/C23H29BrN2O2S/c1-3-4-14-25-23(28)18(2)26(15-19-8-6-5-7-9-19)22(27)17-29-16-20-10-12-21(24)13-11-20/h5-13,18H,3-4,14-17H2,1-2H3,(H,25,28)/t18-/m1/s1. The van der Waals surface area contributed by atoms with Crippen LogP contribution in [0.4, 0.5) is 0 Å². The lowest BCUT2D eigenvalue weighted by Crippen LogP contribution is -2.48. The quantitative estimate of drug-likeness (QED) is 0.463. The Balaban J connectivity index is 1.99. The summed E-state index contributed by atoms with van der Waals surface area (Å²) in [7, 11) is 0. The Bertz CT molecular complexity index is 768. The highest BCUT2D eigenvalue weighted by molar-refractivity contribution is 9.10. The van der Waals surface area contributed by atoms with Crippen molar-refractivity contribution < 1.29 is 9.59 Å². The fourth-order valence-corrected chi connectivity index (χ4v) is 3.95. The number of carbonyl (C=O) groups excluding carboxylic acids is 2. The molecule has 0 heterocycles. The second-order valence-corrected chi connectivity index (χ2v) is 8.85. The topological polar surface area (TPSA) is 49.4 Å². The van der Waals surface area contributed by atoms with Crippen LogP contribution in [0.25, 0.3) is 0 Å². The summed E-state index contributed by atoms with van der Waals surface area (Å²) in [5.41, 5.74) is 2.19. The van der Waals surface area contributed by atoms with E-state index in [1.807, 2.05) is 61.5 Å². The molecule has 0 saturated heterocycles. The fraction of sp³-hybridized carbons (Fsp3) is 0.391. The number of unbranched alkanes of at least 4 members (excludes halogenated alkanes) is 1. The van der Waals surface area contributed by atoms with E-state index in [2.05, 4.69) is 28.2 Å². The van der Waals surface area contributed by atoms with E-state index in [1.54, 1.807) is 16.7 Å². The van der Waals surface area contributed by atoms with E-state index >= 15 is 0 Å². The third kappa shape index (κ3) is 8.23. The van der Waals surface area contributed by atoms with Crippen LogP contribution in [0.1, 0.15) is 37.8 Å². The smallest absolute Gasteiger partial charge is 0.242 e. The Morgan fingerprint density at radius 2 is 1.76 bits per heavy atom. The summed E-state index contributed by atoms with van der Waals surface area (Å²) >= 11 is 5.01. The zero-order valence-corrected chi connectivity index (χ0v) is 19.5. The molecule has 0 spiro atoms. The molecule has 0 unspecified atom stereocenters. The first-order valence-electron chi connectivity index (χ1n) is 9.94. The molecule has 0 fully saturated rings. The zero-order chi connectivity index (χ0) is 21.1. The summed E-state index contributed by atoms with van der Waals surface area (Å²) in [6, 6.07) is 17.4. The average molecular weight is 477 g/mol. The molecule has 2 amide bonds. The SMILES string of the molecule is CCCCNC(=O)[C@@H](C)N(Cc1ccccc1)C(=O)CSCc1ccc(Br)cc1. The number of amides is 2. The summed E-state index contributed by atoms with van der Waals surface area (Å²) < 4.78 is 1.04. The zero-order valence-electron chi connectivity index (χ0n) is 17.1. The van der Waals surface area contributed by atoms with Crippen molar-refractivity contribution in [2.45, 2.75) is 45.0 Å². The highest BCUT2D eigenvalue weighted by Gasteiger charge is 2.25. The van der Waals surface area contributed by atoms with Crippen LogP contribution >= 0.6 is 27.7 Å². The van der Waals surface area contributed by atoms with Crippen LogP contribution < -0.4 is 5.32 Å². The number of hydrogen-bond donors (Lipinski definition) is 1. The van der Waals surface area contributed by atoms with Gasteiger partial charge in [0.05, 0.1) is 5.75 Å². The second-order valence-electron chi connectivity index (χ2n) is 6.95. The maximum Gasteiger partial charge on any atom is 0.242 e. The second kappa shape index (κ2) is 12.7. The van der Waals surface area contributed by atoms with Gasteiger partial charge in [-0.15, -0.1) is 11.8 Å². The van der Waals surface area contributed by atoms with Crippen molar-refractivity contribution in [3.63, 3.8) is 0 Å². The molecule has 4 nitrogen and oxygen atoms in total. The lowest BCUT2D eigenvalue weighted by atomic mass is 10.1. The Labute approximate surface area is 186 Å². The number of thioether (sulfide) groups is 1. The van der Waals surface area contributed by atoms with Crippen LogP contribution in [-0.4, -0.2) is 35.1 Å². The molecular weight excluding hydrogens is 448 g/mol. The molecule has 1 N–H and O–H groups in total. The minimum atomic E-state index is -0.507. The highest BCUT2D eigenvalue weighted by Crippen LogP contribution is 2.18. The van der Waals surface area contributed by atoms with Crippen molar-refractivity contribution in [2.24, 2.45) is 0 Å². The average Bonchev–Trinajstić information content (AvgIpc) is 2.73. The van der Waals surface area contributed by atoms with Gasteiger partial charge in [-0.1, -0.05) is 71.7 Å². The van der Waals surface area contributed by atoms with Crippen LogP contribution in [0.2, 0.25) is 0 Å². The minimum absolute atomic E-state index is 0.0193. The molecule has 0 aromatic heterocycles. The van der Waals surface area contributed by atoms with E-state index in [0.717, 1.165) is 28.6 Å². The molecule has 0 radical (unpaired) electrons. The molecule has 156 valence electrons. The number of benzene rings is 2. The first-order chi connectivity index (χ1) is 14.0. The van der Waals surface area contributed by atoms with E-state index in [0.29, 0.717) is 18.8 Å². The lowest BCUT2D eigenvalue weighted by Gasteiger charge is -2.28. The molecule has 0 saturated carbocycles. The minimum Gasteiger partial charge on any atom is -0.354 e. The van der Waals surface area contributed by atoms with Crippen molar-refractivity contribution in [1.82, 2.24) is 10.2 Å². The largest absolute Gasteiger partial charge is 0.354 e. The van der Waals surface area contributed by atoms with Gasteiger partial charge >= 0.3 is 0 Å². The fourth-order valence-electron chi connectivity index (χ4n) is 2.82. The first-order valence-corrected chi connectivity index (χ1v) is 11.9. The van der Waals surface area contributed by atoms with Gasteiger partial charge in [0.1, 0.15) is 6.04 Å². The number of nitrogens with one attached hydrogen (secondary N) is 1. The third-order valence-corrected chi connectivity index (χ3v) is 6.12. The molecule has 0 aliphatic carbocycles. The van der Waals surface area contributed by atoms with E-state index in [1.165, 1.54) is 5.56 Å². The molecule has 6 heteroatoms. The highest BCUT2D eigenvalue weighted by atomic mass is 79.9. The van der Waals surface area contributed by atoms with Crippen molar-refractivity contribution in [2.75, 3.05) is 12.3 Å². The van der Waals surface area contributed by atoms with Gasteiger partial charge in [-0.2, -0.15) is 0 Å². The number of rotatable bonds is 11. The van der Waals surface area contributed by atoms with Gasteiger partial charge in [0, 0.05) is 23.3 Å². The van der Waals surface area contributed by atoms with E-state index in [9.17, 15) is 9.59 Å². The molecular formula is C23H29BrN2O2S. The predicted octanol–water partition coefficient (Wildman–Crippen LogP) is 5.02. The van der Waals surface area contributed by atoms with Crippen molar-refractivity contribution in [3.05, 3.63) is 70.2 Å². The predicted molar refractivity (Wildman–Crippen MR) is 125 cm³/mol. The monoisotopic (exact) mass is 476 g/mol. The molecule has 29 heavy (non-hydrogen) atoms. The van der Waals surface area contributed by atoms with E-state index in [-0.39, 0.29) is 11.8 Å². The van der Waals surface area contributed by atoms with E-state index in [4.69, 9.17) is 0 Å². The summed E-state index contributed by atoms with van der Waals surface area (Å²) in [5, 5.41) is 2.95. The van der Waals surface area contributed by atoms with E-state index < -0.39 is 6.04 Å². The number of carbonyl (C=O) groups is 2. The molecule has 2 aromatic rings. The van der Waals surface area contributed by atoms with Gasteiger partial charge < -0.3 is 10.2 Å². The van der Waals surface area contributed by atoms with Crippen LogP contribution in [0.5, 0.6) is 0 Å². The van der Waals surface area contributed by atoms with Crippen molar-refractivity contribution in [1.29, 1.82) is 0 Å². The van der Waals surface area contributed by atoms with Gasteiger partial charge in [-0.3, -0.25) is 9.59 Å². The van der Waals surface area contributed by atoms with Gasteiger partial charge in [-0.05, 0) is 36.6 Å².